The molecule has 0 saturated carbocycles. The van der Waals surface area contributed by atoms with Crippen LogP contribution in [0.5, 0.6) is 0 Å². The molecule has 0 aromatic heterocycles. The first-order valence-electron chi connectivity index (χ1n) is 7.76. The molecule has 5 nitrogen and oxygen atoms in total. The molecule has 0 unspecified atom stereocenters. The van der Waals surface area contributed by atoms with E-state index in [2.05, 4.69) is 5.32 Å². The number of non-ortho nitro benzene ring substituents is 1. The summed E-state index contributed by atoms with van der Waals surface area (Å²) in [4.78, 5) is 22.7. The number of aryl methyl sites for hydroxylation is 1. The number of nitro benzene ring substituents is 1. The van der Waals surface area contributed by atoms with Crippen LogP contribution in [0.2, 0.25) is 0 Å². The van der Waals surface area contributed by atoms with Gasteiger partial charge in [0.05, 0.1) is 4.92 Å². The Morgan fingerprint density at radius 2 is 1.56 bits per heavy atom. The first-order chi connectivity index (χ1) is 12.0. The molecular weight excluding hydrogens is 316 g/mol. The molecule has 0 aliphatic carbocycles. The highest BCUT2D eigenvalue weighted by Gasteiger charge is 2.13. The molecule has 5 heteroatoms. The largest absolute Gasteiger partial charge is 0.322 e. The van der Waals surface area contributed by atoms with E-state index in [9.17, 15) is 14.9 Å². The third-order valence-corrected chi connectivity index (χ3v) is 3.92. The molecule has 25 heavy (non-hydrogen) atoms. The molecule has 3 aromatic rings. The number of anilines is 1. The lowest BCUT2D eigenvalue weighted by Gasteiger charge is -2.09. The van der Waals surface area contributed by atoms with Crippen LogP contribution in [0.25, 0.3) is 11.1 Å². The number of rotatable bonds is 4. The second-order valence-corrected chi connectivity index (χ2v) is 5.65. The number of hydrogen-bond acceptors (Lipinski definition) is 3. The first-order valence-corrected chi connectivity index (χ1v) is 7.76. The normalized spacial score (nSPS) is 10.3. The summed E-state index contributed by atoms with van der Waals surface area (Å²) in [5, 5.41) is 13.6. The van der Waals surface area contributed by atoms with Gasteiger partial charge in [0, 0.05) is 23.4 Å². The number of hydrogen-bond donors (Lipinski definition) is 1. The number of carbonyl (C=O) groups is 1. The van der Waals surface area contributed by atoms with Crippen molar-refractivity contribution in [3.05, 3.63) is 94.0 Å². The summed E-state index contributed by atoms with van der Waals surface area (Å²) in [5.41, 5.74) is 3.78. The third-order valence-electron chi connectivity index (χ3n) is 3.92. The molecule has 3 aromatic carbocycles. The van der Waals surface area contributed by atoms with Crippen molar-refractivity contribution >= 4 is 17.3 Å². The van der Waals surface area contributed by atoms with Gasteiger partial charge in [-0.1, -0.05) is 42.5 Å². The summed E-state index contributed by atoms with van der Waals surface area (Å²) in [5.74, 6) is -0.292. The zero-order valence-electron chi connectivity index (χ0n) is 13.6. The van der Waals surface area contributed by atoms with E-state index >= 15 is 0 Å². The lowest BCUT2D eigenvalue weighted by molar-refractivity contribution is -0.384. The zero-order chi connectivity index (χ0) is 17.8. The smallest absolute Gasteiger partial charge is 0.269 e. The van der Waals surface area contributed by atoms with Crippen molar-refractivity contribution < 1.29 is 9.72 Å². The fraction of sp³-hybridized carbons (Fsp3) is 0.0500. The molecule has 0 fully saturated rings. The summed E-state index contributed by atoms with van der Waals surface area (Å²) >= 11 is 0. The van der Waals surface area contributed by atoms with Crippen molar-refractivity contribution in [2.75, 3.05) is 5.32 Å². The maximum atomic E-state index is 12.4. The van der Waals surface area contributed by atoms with Gasteiger partial charge in [0.1, 0.15) is 0 Å². The van der Waals surface area contributed by atoms with Crippen LogP contribution in [0.3, 0.4) is 0 Å². The maximum Gasteiger partial charge on any atom is 0.269 e. The highest BCUT2D eigenvalue weighted by molar-refractivity contribution is 6.05. The van der Waals surface area contributed by atoms with Crippen molar-refractivity contribution in [2.24, 2.45) is 0 Å². The highest BCUT2D eigenvalue weighted by atomic mass is 16.6. The van der Waals surface area contributed by atoms with Crippen molar-refractivity contribution in [2.45, 2.75) is 6.92 Å². The molecule has 0 radical (unpaired) electrons. The van der Waals surface area contributed by atoms with E-state index < -0.39 is 4.92 Å². The minimum absolute atomic E-state index is 0.0266. The van der Waals surface area contributed by atoms with Gasteiger partial charge in [-0.25, -0.2) is 0 Å². The van der Waals surface area contributed by atoms with E-state index in [1.54, 1.807) is 6.92 Å². The minimum Gasteiger partial charge on any atom is -0.322 e. The summed E-state index contributed by atoms with van der Waals surface area (Å²) in [7, 11) is 0. The quantitative estimate of drug-likeness (QED) is 0.550. The van der Waals surface area contributed by atoms with E-state index in [1.807, 2.05) is 54.6 Å². The topological polar surface area (TPSA) is 72.2 Å². The molecule has 0 atom stereocenters. The van der Waals surface area contributed by atoms with Gasteiger partial charge in [-0.3, -0.25) is 14.9 Å². The fourth-order valence-electron chi connectivity index (χ4n) is 2.59. The molecule has 0 aliphatic heterocycles. The standard InChI is InChI=1S/C20H16N2O3/c1-14-13-18(22(24)25)11-12-19(14)20(23)21-17-9-7-16(8-10-17)15-5-3-2-4-6-15/h2-13H,1H3,(H,21,23). The predicted octanol–water partition coefficient (Wildman–Crippen LogP) is 4.82. The molecule has 0 aliphatic rings. The van der Waals surface area contributed by atoms with Crippen molar-refractivity contribution in [1.29, 1.82) is 0 Å². The summed E-state index contributed by atoms with van der Waals surface area (Å²) in [6.07, 6.45) is 0. The third kappa shape index (κ3) is 3.72. The Bertz CT molecular complexity index is 919. The summed E-state index contributed by atoms with van der Waals surface area (Å²) < 4.78 is 0. The van der Waals surface area contributed by atoms with Gasteiger partial charge in [0.2, 0.25) is 0 Å². The van der Waals surface area contributed by atoms with Crippen LogP contribution in [-0.4, -0.2) is 10.8 Å². The Morgan fingerprint density at radius 3 is 2.16 bits per heavy atom. The Morgan fingerprint density at radius 1 is 0.920 bits per heavy atom. The van der Waals surface area contributed by atoms with Crippen LogP contribution < -0.4 is 5.32 Å². The Balaban J connectivity index is 1.76. The van der Waals surface area contributed by atoms with E-state index in [0.717, 1.165) is 11.1 Å². The molecule has 124 valence electrons. The van der Waals surface area contributed by atoms with Crippen molar-refractivity contribution in [3.63, 3.8) is 0 Å². The SMILES string of the molecule is Cc1cc([N+](=O)[O-])ccc1C(=O)Nc1ccc(-c2ccccc2)cc1. The lowest BCUT2D eigenvalue weighted by Crippen LogP contribution is -2.13. The number of benzene rings is 3. The molecule has 0 saturated heterocycles. The zero-order valence-corrected chi connectivity index (χ0v) is 13.6. The number of carbonyl (C=O) groups excluding carboxylic acids is 1. The summed E-state index contributed by atoms with van der Waals surface area (Å²) in [6, 6.07) is 21.7. The molecule has 1 amide bonds. The average molecular weight is 332 g/mol. The second-order valence-electron chi connectivity index (χ2n) is 5.65. The number of nitro groups is 1. The Kier molecular flexibility index (Phi) is 4.57. The Hall–Kier alpha value is -3.47. The van der Waals surface area contributed by atoms with Crippen LogP contribution in [0, 0.1) is 17.0 Å². The van der Waals surface area contributed by atoms with Crippen LogP contribution in [0.15, 0.2) is 72.8 Å². The molecule has 0 bridgehead atoms. The second kappa shape index (κ2) is 6.97. The summed E-state index contributed by atoms with van der Waals surface area (Å²) in [6.45, 7) is 1.68. The molecule has 0 spiro atoms. The van der Waals surface area contributed by atoms with Crippen LogP contribution >= 0.6 is 0 Å². The monoisotopic (exact) mass is 332 g/mol. The minimum atomic E-state index is -0.475. The van der Waals surface area contributed by atoms with Crippen LogP contribution in [0.4, 0.5) is 11.4 Å². The number of amides is 1. The maximum absolute atomic E-state index is 12.4. The average Bonchev–Trinajstić information content (AvgIpc) is 2.62. The molecule has 1 N–H and O–H groups in total. The molecular formula is C20H16N2O3. The first kappa shape index (κ1) is 16.4. The van der Waals surface area contributed by atoms with E-state index in [4.69, 9.17) is 0 Å². The van der Waals surface area contributed by atoms with Crippen LogP contribution in [0.1, 0.15) is 15.9 Å². The number of nitrogens with zero attached hydrogens (tertiary/aromatic N) is 1. The van der Waals surface area contributed by atoms with Gasteiger partial charge in [-0.05, 0) is 41.8 Å². The fourth-order valence-corrected chi connectivity index (χ4v) is 2.59. The predicted molar refractivity (Wildman–Crippen MR) is 97.7 cm³/mol. The number of nitrogens with one attached hydrogen (secondary N) is 1. The van der Waals surface area contributed by atoms with Gasteiger partial charge in [-0.2, -0.15) is 0 Å². The van der Waals surface area contributed by atoms with E-state index in [0.29, 0.717) is 16.8 Å². The van der Waals surface area contributed by atoms with Crippen molar-refractivity contribution in [1.82, 2.24) is 0 Å². The molecule has 0 heterocycles. The van der Waals surface area contributed by atoms with Gasteiger partial charge in [0.15, 0.2) is 0 Å². The van der Waals surface area contributed by atoms with Gasteiger partial charge < -0.3 is 5.32 Å². The van der Waals surface area contributed by atoms with Gasteiger partial charge in [0.25, 0.3) is 11.6 Å². The highest BCUT2D eigenvalue weighted by Crippen LogP contribution is 2.22. The van der Waals surface area contributed by atoms with Crippen molar-refractivity contribution in [3.8, 4) is 11.1 Å². The van der Waals surface area contributed by atoms with Crippen LogP contribution in [-0.2, 0) is 0 Å². The van der Waals surface area contributed by atoms with E-state index in [-0.39, 0.29) is 11.6 Å². The Labute approximate surface area is 145 Å². The van der Waals surface area contributed by atoms with Gasteiger partial charge >= 0.3 is 0 Å². The molecule has 3 rings (SSSR count). The van der Waals surface area contributed by atoms with Gasteiger partial charge in [-0.15, -0.1) is 0 Å². The van der Waals surface area contributed by atoms with E-state index in [1.165, 1.54) is 18.2 Å². The lowest BCUT2D eigenvalue weighted by atomic mass is 10.0.